The molecular weight excluding hydrogens is 394 g/mol. The number of carbonyl (C=O) groups is 2. The number of nitrogens with one attached hydrogen (secondary N) is 1. The fraction of sp³-hybridized carbons (Fsp3) is 0.375. The second kappa shape index (κ2) is 8.64. The van der Waals surface area contributed by atoms with Crippen LogP contribution in [0.2, 0.25) is 0 Å². The first-order valence-electron chi connectivity index (χ1n) is 10.4. The van der Waals surface area contributed by atoms with Crippen molar-refractivity contribution in [3.8, 4) is 0 Å². The van der Waals surface area contributed by atoms with Crippen molar-refractivity contribution in [1.29, 1.82) is 0 Å². The van der Waals surface area contributed by atoms with Crippen molar-refractivity contribution in [1.82, 2.24) is 4.90 Å². The van der Waals surface area contributed by atoms with Crippen molar-refractivity contribution in [2.45, 2.75) is 51.3 Å². The summed E-state index contributed by atoms with van der Waals surface area (Å²) in [6.07, 6.45) is 2.43. The summed E-state index contributed by atoms with van der Waals surface area (Å²) in [4.78, 5) is 32.5. The number of benzene rings is 2. The fourth-order valence-corrected chi connectivity index (χ4v) is 5.03. The molecule has 1 N–H and O–H groups in total. The maximum absolute atomic E-state index is 13.2. The molecule has 6 heteroatoms. The third-order valence-corrected chi connectivity index (χ3v) is 6.84. The summed E-state index contributed by atoms with van der Waals surface area (Å²) in [5, 5.41) is 3.22. The van der Waals surface area contributed by atoms with Gasteiger partial charge in [0.25, 0.3) is 0 Å². The summed E-state index contributed by atoms with van der Waals surface area (Å²) >= 11 is 1.41. The van der Waals surface area contributed by atoms with Gasteiger partial charge in [-0.2, -0.15) is 0 Å². The van der Waals surface area contributed by atoms with E-state index in [1.54, 1.807) is 0 Å². The normalized spacial score (nSPS) is 21.2. The lowest BCUT2D eigenvalue weighted by Gasteiger charge is -2.24. The number of nitrogens with zero attached hydrogens (tertiary/aromatic N) is 2. The quantitative estimate of drug-likeness (QED) is 0.709. The van der Waals surface area contributed by atoms with Crippen LogP contribution in [0.25, 0.3) is 0 Å². The molecule has 1 aliphatic heterocycles. The van der Waals surface area contributed by atoms with Crippen LogP contribution in [0.5, 0.6) is 0 Å². The predicted octanol–water partition coefficient (Wildman–Crippen LogP) is 5.06. The number of amides is 2. The minimum absolute atomic E-state index is 0.00939. The Balaban J connectivity index is 1.51. The molecule has 0 unspecified atom stereocenters. The minimum Gasteiger partial charge on any atom is -0.326 e. The third-order valence-electron chi connectivity index (χ3n) is 5.69. The van der Waals surface area contributed by atoms with Crippen molar-refractivity contribution in [2.24, 2.45) is 10.9 Å². The zero-order valence-corrected chi connectivity index (χ0v) is 18.4. The van der Waals surface area contributed by atoms with E-state index in [0.29, 0.717) is 11.1 Å². The van der Waals surface area contributed by atoms with Crippen LogP contribution in [0.15, 0.2) is 53.5 Å². The molecule has 30 heavy (non-hydrogen) atoms. The number of hydrogen-bond acceptors (Lipinski definition) is 4. The highest BCUT2D eigenvalue weighted by atomic mass is 32.2. The monoisotopic (exact) mass is 421 g/mol. The molecule has 0 aromatic heterocycles. The average Bonchev–Trinajstić information content (AvgIpc) is 3.51. The van der Waals surface area contributed by atoms with Crippen LogP contribution in [-0.2, 0) is 9.59 Å². The minimum atomic E-state index is -0.445. The molecule has 1 saturated carbocycles. The molecule has 0 spiro atoms. The third kappa shape index (κ3) is 4.59. The summed E-state index contributed by atoms with van der Waals surface area (Å²) in [5.41, 5.74) is 3.78. The lowest BCUT2D eigenvalue weighted by Crippen LogP contribution is -2.41. The van der Waals surface area contributed by atoms with Gasteiger partial charge < -0.3 is 5.32 Å². The van der Waals surface area contributed by atoms with Crippen molar-refractivity contribution >= 4 is 40.1 Å². The van der Waals surface area contributed by atoms with E-state index in [-0.39, 0.29) is 24.3 Å². The van der Waals surface area contributed by atoms with E-state index in [2.05, 4.69) is 12.2 Å². The molecule has 2 atom stereocenters. The van der Waals surface area contributed by atoms with Gasteiger partial charge >= 0.3 is 0 Å². The van der Waals surface area contributed by atoms with Gasteiger partial charge in [0.2, 0.25) is 11.8 Å². The number of thioether (sulfide) groups is 1. The van der Waals surface area contributed by atoms with Crippen LogP contribution >= 0.6 is 11.8 Å². The van der Waals surface area contributed by atoms with E-state index in [1.807, 2.05) is 67.3 Å². The van der Waals surface area contributed by atoms with E-state index in [0.717, 1.165) is 35.3 Å². The molecule has 2 fully saturated rings. The largest absolute Gasteiger partial charge is 0.326 e. The number of aryl methyl sites for hydroxylation is 2. The van der Waals surface area contributed by atoms with Gasteiger partial charge in [0, 0.05) is 18.2 Å². The maximum Gasteiger partial charge on any atom is 0.242 e. The molecule has 2 amide bonds. The van der Waals surface area contributed by atoms with Gasteiger partial charge in [-0.1, -0.05) is 47.7 Å². The first kappa shape index (κ1) is 20.7. The molecule has 2 aromatic rings. The Morgan fingerprint density at radius 3 is 2.60 bits per heavy atom. The number of carbonyl (C=O) groups excluding carboxylic acids is 2. The number of hydrogen-bond donors (Lipinski definition) is 1. The molecule has 1 aliphatic carbocycles. The lowest BCUT2D eigenvalue weighted by atomic mass is 10.1. The van der Waals surface area contributed by atoms with Gasteiger partial charge in [0.15, 0.2) is 5.17 Å². The van der Waals surface area contributed by atoms with Crippen molar-refractivity contribution in [3.63, 3.8) is 0 Å². The second-order valence-electron chi connectivity index (χ2n) is 8.19. The average molecular weight is 422 g/mol. The lowest BCUT2D eigenvalue weighted by molar-refractivity contribution is -0.129. The number of amidine groups is 1. The van der Waals surface area contributed by atoms with Gasteiger partial charge in [0.05, 0.1) is 5.69 Å². The topological polar surface area (TPSA) is 61.8 Å². The van der Waals surface area contributed by atoms with Crippen LogP contribution in [0.3, 0.4) is 0 Å². The maximum atomic E-state index is 13.2. The van der Waals surface area contributed by atoms with Gasteiger partial charge in [-0.25, -0.2) is 4.99 Å². The highest BCUT2D eigenvalue weighted by molar-refractivity contribution is 8.15. The highest BCUT2D eigenvalue weighted by Crippen LogP contribution is 2.41. The van der Waals surface area contributed by atoms with Gasteiger partial charge in [0.1, 0.15) is 5.25 Å². The molecule has 2 aliphatic rings. The first-order valence-corrected chi connectivity index (χ1v) is 11.3. The Hall–Kier alpha value is -2.60. The number of para-hydroxylation sites is 1. The summed E-state index contributed by atoms with van der Waals surface area (Å²) in [6, 6.07) is 15.7. The van der Waals surface area contributed by atoms with Gasteiger partial charge in [-0.3, -0.25) is 14.5 Å². The zero-order valence-electron chi connectivity index (χ0n) is 17.6. The molecule has 0 bridgehead atoms. The molecule has 156 valence electrons. The van der Waals surface area contributed by atoms with Gasteiger partial charge in [-0.05, 0) is 63.3 Å². The summed E-state index contributed by atoms with van der Waals surface area (Å²) in [7, 11) is 0. The van der Waals surface area contributed by atoms with Gasteiger partial charge in [-0.15, -0.1) is 0 Å². The van der Waals surface area contributed by atoms with E-state index in [1.165, 1.54) is 11.8 Å². The molecule has 1 heterocycles. The molecular formula is C24H27N3O2S. The summed E-state index contributed by atoms with van der Waals surface area (Å²) in [6.45, 7) is 6.09. The molecule has 2 aromatic carbocycles. The fourth-order valence-electron chi connectivity index (χ4n) is 3.79. The van der Waals surface area contributed by atoms with E-state index < -0.39 is 5.25 Å². The van der Waals surface area contributed by atoms with Crippen LogP contribution in [0.4, 0.5) is 11.4 Å². The van der Waals surface area contributed by atoms with E-state index >= 15 is 0 Å². The number of rotatable bonds is 6. The van der Waals surface area contributed by atoms with E-state index in [9.17, 15) is 9.59 Å². The molecule has 1 saturated heterocycles. The Morgan fingerprint density at radius 1 is 1.20 bits per heavy atom. The Kier molecular flexibility index (Phi) is 5.95. The molecule has 4 rings (SSSR count). The summed E-state index contributed by atoms with van der Waals surface area (Å²) < 4.78 is 0. The number of aliphatic imine (C=N–C) groups is 1. The van der Waals surface area contributed by atoms with Crippen LogP contribution < -0.4 is 5.32 Å². The van der Waals surface area contributed by atoms with Crippen LogP contribution in [0, 0.1) is 19.8 Å². The zero-order chi connectivity index (χ0) is 21.3. The summed E-state index contributed by atoms with van der Waals surface area (Å²) in [5.74, 6) is 0.371. The second-order valence-corrected chi connectivity index (χ2v) is 9.36. The Labute approximate surface area is 182 Å². The van der Waals surface area contributed by atoms with Crippen molar-refractivity contribution in [2.75, 3.05) is 5.32 Å². The standard InChI is InChI=1S/C24H27N3O2S/c1-15-9-12-20(16(2)13-15)26-22(28)14-21-23(29)27(17(3)18-10-11-18)24(30-21)25-19-7-5-4-6-8-19/h4-9,12-13,17-18,21H,10-11,14H2,1-3H3,(H,26,28)/t17-,21-/m1/s1. The Bertz CT molecular complexity index is 985. The molecule has 0 radical (unpaired) electrons. The smallest absolute Gasteiger partial charge is 0.242 e. The Morgan fingerprint density at radius 2 is 1.93 bits per heavy atom. The molecule has 5 nitrogen and oxygen atoms in total. The van der Waals surface area contributed by atoms with Crippen LogP contribution in [0.1, 0.15) is 37.3 Å². The van der Waals surface area contributed by atoms with Crippen molar-refractivity contribution in [3.05, 3.63) is 59.7 Å². The SMILES string of the molecule is Cc1ccc(NC(=O)C[C@H]2SC(=Nc3ccccc3)N([C@H](C)C3CC3)C2=O)c(C)c1. The number of anilines is 1. The highest BCUT2D eigenvalue weighted by Gasteiger charge is 2.45. The van der Waals surface area contributed by atoms with Crippen molar-refractivity contribution < 1.29 is 9.59 Å². The first-order chi connectivity index (χ1) is 14.4. The predicted molar refractivity (Wildman–Crippen MR) is 123 cm³/mol. The van der Waals surface area contributed by atoms with Crippen LogP contribution in [-0.4, -0.2) is 33.2 Å². The van der Waals surface area contributed by atoms with E-state index in [4.69, 9.17) is 4.99 Å².